The lowest BCUT2D eigenvalue weighted by atomic mass is 10.0. The van der Waals surface area contributed by atoms with Crippen LogP contribution in [0.25, 0.3) is 11.0 Å². The van der Waals surface area contributed by atoms with Gasteiger partial charge in [0.2, 0.25) is 11.3 Å². The van der Waals surface area contributed by atoms with Crippen molar-refractivity contribution in [3.8, 4) is 5.88 Å². The Morgan fingerprint density at radius 1 is 1.27 bits per heavy atom. The van der Waals surface area contributed by atoms with E-state index in [1.807, 2.05) is 44.2 Å². The summed E-state index contributed by atoms with van der Waals surface area (Å²) in [7, 11) is 1.47. The molecule has 0 spiro atoms. The fourth-order valence-electron chi connectivity index (χ4n) is 3.36. The van der Waals surface area contributed by atoms with Gasteiger partial charge >= 0.3 is 5.97 Å². The minimum Gasteiger partial charge on any atom is -0.479 e. The zero-order valence-electron chi connectivity index (χ0n) is 17.1. The summed E-state index contributed by atoms with van der Waals surface area (Å²) in [6.45, 7) is 4.05. The normalized spacial score (nSPS) is 12.2. The maximum absolute atomic E-state index is 12.9. The standard InChI is InChI=1S/C22H25N3O5/c1-13(2)18(12-26)25-11-16(22(28)29)19(27)15-9-17(21(30-3)24-20(15)25)23-10-14-7-5-4-6-8-14/h4-9,11,13,18,23,26H,10,12H2,1-3H3,(H,28,29)/t18-/m1/s1. The predicted molar refractivity (Wildman–Crippen MR) is 114 cm³/mol. The summed E-state index contributed by atoms with van der Waals surface area (Å²) in [6.07, 6.45) is 1.25. The zero-order chi connectivity index (χ0) is 21.8. The van der Waals surface area contributed by atoms with Gasteiger partial charge in [0.15, 0.2) is 0 Å². The first kappa shape index (κ1) is 21.3. The van der Waals surface area contributed by atoms with Crippen LogP contribution < -0.4 is 15.5 Å². The van der Waals surface area contributed by atoms with Crippen molar-refractivity contribution in [2.75, 3.05) is 19.0 Å². The van der Waals surface area contributed by atoms with E-state index in [-0.39, 0.29) is 35.0 Å². The largest absolute Gasteiger partial charge is 0.479 e. The molecular weight excluding hydrogens is 386 g/mol. The van der Waals surface area contributed by atoms with Gasteiger partial charge in [-0.05, 0) is 17.5 Å². The molecule has 0 aliphatic rings. The highest BCUT2D eigenvalue weighted by Crippen LogP contribution is 2.29. The summed E-state index contributed by atoms with van der Waals surface area (Å²) in [5, 5.41) is 22.8. The number of rotatable bonds is 8. The highest BCUT2D eigenvalue weighted by molar-refractivity contribution is 5.93. The molecule has 3 aromatic rings. The van der Waals surface area contributed by atoms with Crippen LogP contribution in [0.2, 0.25) is 0 Å². The molecule has 0 radical (unpaired) electrons. The van der Waals surface area contributed by atoms with Crippen molar-refractivity contribution in [1.82, 2.24) is 9.55 Å². The average Bonchev–Trinajstić information content (AvgIpc) is 2.74. The van der Waals surface area contributed by atoms with E-state index >= 15 is 0 Å². The molecule has 8 nitrogen and oxygen atoms in total. The summed E-state index contributed by atoms with van der Waals surface area (Å²) in [4.78, 5) is 29.0. The van der Waals surface area contributed by atoms with Crippen LogP contribution in [0.15, 0.2) is 47.4 Å². The second-order valence-electron chi connectivity index (χ2n) is 7.33. The van der Waals surface area contributed by atoms with Gasteiger partial charge in [-0.2, -0.15) is 4.98 Å². The van der Waals surface area contributed by atoms with Crippen LogP contribution in [0.3, 0.4) is 0 Å². The van der Waals surface area contributed by atoms with Gasteiger partial charge in [0.25, 0.3) is 0 Å². The van der Waals surface area contributed by atoms with Crippen LogP contribution in [0.1, 0.15) is 35.8 Å². The van der Waals surface area contributed by atoms with E-state index in [0.29, 0.717) is 12.2 Å². The molecule has 0 bridgehead atoms. The monoisotopic (exact) mass is 411 g/mol. The Balaban J connectivity index is 2.20. The number of carboxylic acid groups (broad SMARTS) is 1. The molecule has 2 aromatic heterocycles. The Hall–Kier alpha value is -3.39. The van der Waals surface area contributed by atoms with Crippen molar-refractivity contribution in [2.24, 2.45) is 5.92 Å². The first-order valence-corrected chi connectivity index (χ1v) is 9.63. The van der Waals surface area contributed by atoms with Crippen molar-refractivity contribution < 1.29 is 19.7 Å². The maximum Gasteiger partial charge on any atom is 0.341 e. The Bertz CT molecular complexity index is 1110. The van der Waals surface area contributed by atoms with E-state index in [4.69, 9.17) is 4.74 Å². The van der Waals surface area contributed by atoms with E-state index in [1.54, 1.807) is 10.6 Å². The average molecular weight is 411 g/mol. The van der Waals surface area contributed by atoms with E-state index < -0.39 is 17.4 Å². The van der Waals surface area contributed by atoms with Crippen LogP contribution in [0.4, 0.5) is 5.69 Å². The number of carboxylic acids is 1. The number of methoxy groups -OCH3 is 1. The van der Waals surface area contributed by atoms with Crippen molar-refractivity contribution >= 4 is 22.7 Å². The molecule has 0 aliphatic carbocycles. The van der Waals surface area contributed by atoms with Crippen molar-refractivity contribution in [1.29, 1.82) is 0 Å². The molecule has 30 heavy (non-hydrogen) atoms. The molecule has 8 heteroatoms. The Morgan fingerprint density at radius 3 is 2.53 bits per heavy atom. The number of benzene rings is 1. The minimum atomic E-state index is -1.33. The molecule has 0 amide bonds. The van der Waals surface area contributed by atoms with Gasteiger partial charge in [-0.15, -0.1) is 0 Å². The molecule has 1 aromatic carbocycles. The lowest BCUT2D eigenvalue weighted by molar-refractivity contribution is 0.0694. The van der Waals surface area contributed by atoms with Crippen molar-refractivity contribution in [3.63, 3.8) is 0 Å². The van der Waals surface area contributed by atoms with Crippen LogP contribution in [-0.2, 0) is 6.54 Å². The molecular formula is C22H25N3O5. The molecule has 2 heterocycles. The summed E-state index contributed by atoms with van der Waals surface area (Å²) in [5.74, 6) is -1.08. The molecule has 0 saturated carbocycles. The Labute approximate surface area is 173 Å². The number of nitrogens with one attached hydrogen (secondary N) is 1. The first-order chi connectivity index (χ1) is 14.4. The molecule has 3 N–H and O–H groups in total. The topological polar surface area (TPSA) is 114 Å². The summed E-state index contributed by atoms with van der Waals surface area (Å²) in [6, 6.07) is 10.8. The van der Waals surface area contributed by atoms with Crippen molar-refractivity contribution in [2.45, 2.75) is 26.4 Å². The van der Waals surface area contributed by atoms with Gasteiger partial charge in [-0.1, -0.05) is 44.2 Å². The number of aliphatic hydroxyl groups is 1. The summed E-state index contributed by atoms with van der Waals surface area (Å²) < 4.78 is 6.97. The van der Waals surface area contributed by atoms with E-state index in [9.17, 15) is 19.8 Å². The van der Waals surface area contributed by atoms with E-state index in [2.05, 4.69) is 10.3 Å². The van der Waals surface area contributed by atoms with Crippen molar-refractivity contribution in [3.05, 3.63) is 63.9 Å². The van der Waals surface area contributed by atoms with Gasteiger partial charge in [0.1, 0.15) is 11.2 Å². The van der Waals surface area contributed by atoms with Gasteiger partial charge < -0.3 is 24.8 Å². The molecule has 0 aliphatic heterocycles. The fourth-order valence-corrected chi connectivity index (χ4v) is 3.36. The quantitative estimate of drug-likeness (QED) is 0.522. The highest BCUT2D eigenvalue weighted by atomic mass is 16.5. The van der Waals surface area contributed by atoms with Crippen LogP contribution in [0.5, 0.6) is 5.88 Å². The number of aliphatic hydroxyl groups excluding tert-OH is 1. The van der Waals surface area contributed by atoms with Crippen LogP contribution in [0, 0.1) is 5.92 Å². The number of hydrogen-bond donors (Lipinski definition) is 3. The third kappa shape index (κ3) is 4.13. The number of anilines is 1. The second-order valence-corrected chi connectivity index (χ2v) is 7.33. The molecule has 158 valence electrons. The predicted octanol–water partition coefficient (Wildman–Crippen LogP) is 2.90. The van der Waals surface area contributed by atoms with Gasteiger partial charge in [-0.3, -0.25) is 4.79 Å². The van der Waals surface area contributed by atoms with E-state index in [1.165, 1.54) is 13.3 Å². The van der Waals surface area contributed by atoms with Crippen LogP contribution in [-0.4, -0.2) is 39.5 Å². The minimum absolute atomic E-state index is 0.0222. The molecule has 0 fully saturated rings. The van der Waals surface area contributed by atoms with E-state index in [0.717, 1.165) is 5.56 Å². The van der Waals surface area contributed by atoms with Gasteiger partial charge in [-0.25, -0.2) is 4.79 Å². The fraction of sp³-hybridized carbons (Fsp3) is 0.318. The number of nitrogens with zero attached hydrogens (tertiary/aromatic N) is 2. The Kier molecular flexibility index (Phi) is 6.37. The summed E-state index contributed by atoms with van der Waals surface area (Å²) in [5.41, 5.74) is 0.760. The third-order valence-electron chi connectivity index (χ3n) is 5.03. The Morgan fingerprint density at radius 2 is 1.97 bits per heavy atom. The number of ether oxygens (including phenoxy) is 1. The van der Waals surface area contributed by atoms with Crippen LogP contribution >= 0.6 is 0 Å². The number of pyridine rings is 2. The third-order valence-corrected chi connectivity index (χ3v) is 5.03. The molecule has 0 unspecified atom stereocenters. The SMILES string of the molecule is COc1nc2c(cc1NCc1ccccc1)c(=O)c(C(=O)O)cn2[C@H](CO)C(C)C. The number of aromatic nitrogens is 2. The lowest BCUT2D eigenvalue weighted by Gasteiger charge is -2.24. The maximum atomic E-state index is 12.9. The molecule has 0 saturated heterocycles. The number of aromatic carboxylic acids is 1. The lowest BCUT2D eigenvalue weighted by Crippen LogP contribution is -2.26. The highest BCUT2D eigenvalue weighted by Gasteiger charge is 2.23. The summed E-state index contributed by atoms with van der Waals surface area (Å²) >= 11 is 0. The smallest absolute Gasteiger partial charge is 0.341 e. The second kappa shape index (κ2) is 8.96. The zero-order valence-corrected chi connectivity index (χ0v) is 17.1. The number of carbonyl (C=O) groups is 1. The van der Waals surface area contributed by atoms with Gasteiger partial charge in [0.05, 0.1) is 30.8 Å². The first-order valence-electron chi connectivity index (χ1n) is 9.63. The number of hydrogen-bond acceptors (Lipinski definition) is 6. The van der Waals surface area contributed by atoms with Gasteiger partial charge in [0, 0.05) is 12.7 Å². The number of fused-ring (bicyclic) bond motifs is 1. The molecule has 3 rings (SSSR count). The molecule has 1 atom stereocenters.